The monoisotopic (exact) mass is 291 g/mol. The zero-order chi connectivity index (χ0) is 15.4. The van der Waals surface area contributed by atoms with E-state index in [-0.39, 0.29) is 5.82 Å². The number of pyridine rings is 1. The number of hydrogen-bond acceptors (Lipinski definition) is 1. The van der Waals surface area contributed by atoms with Crippen molar-refractivity contribution in [2.24, 2.45) is 0 Å². The SMILES string of the molecule is Cc1ccc(-c2ccc(CCc3cccc(F)c3)nc2)cc1. The molecule has 0 unspecified atom stereocenters. The van der Waals surface area contributed by atoms with Gasteiger partial charge in [-0.15, -0.1) is 0 Å². The first kappa shape index (κ1) is 14.5. The molecule has 0 radical (unpaired) electrons. The molecular formula is C20H18FN. The largest absolute Gasteiger partial charge is 0.261 e. The molecule has 0 aliphatic rings. The van der Waals surface area contributed by atoms with E-state index in [0.717, 1.165) is 29.7 Å². The third-order valence-electron chi connectivity index (χ3n) is 3.77. The molecule has 1 nitrogen and oxygen atoms in total. The Labute approximate surface area is 130 Å². The van der Waals surface area contributed by atoms with Gasteiger partial charge in [-0.2, -0.15) is 0 Å². The van der Waals surface area contributed by atoms with E-state index in [1.807, 2.05) is 12.3 Å². The Balaban J connectivity index is 1.68. The fourth-order valence-electron chi connectivity index (χ4n) is 2.45. The Hall–Kier alpha value is -2.48. The van der Waals surface area contributed by atoms with E-state index in [0.29, 0.717) is 0 Å². The number of hydrogen-bond donors (Lipinski definition) is 0. The van der Waals surface area contributed by atoms with Crippen molar-refractivity contribution >= 4 is 0 Å². The average molecular weight is 291 g/mol. The predicted octanol–water partition coefficient (Wildman–Crippen LogP) is 4.98. The van der Waals surface area contributed by atoms with Gasteiger partial charge in [0.15, 0.2) is 0 Å². The van der Waals surface area contributed by atoms with Crippen LogP contribution in [-0.2, 0) is 12.8 Å². The van der Waals surface area contributed by atoms with Crippen LogP contribution in [0.25, 0.3) is 11.1 Å². The van der Waals surface area contributed by atoms with Gasteiger partial charge in [0.25, 0.3) is 0 Å². The summed E-state index contributed by atoms with van der Waals surface area (Å²) in [4.78, 5) is 4.52. The summed E-state index contributed by atoms with van der Waals surface area (Å²) in [6.45, 7) is 2.08. The van der Waals surface area contributed by atoms with Crippen LogP contribution in [0, 0.1) is 12.7 Å². The second-order valence-electron chi connectivity index (χ2n) is 5.53. The lowest BCUT2D eigenvalue weighted by Gasteiger charge is -2.05. The van der Waals surface area contributed by atoms with Crippen molar-refractivity contribution in [3.8, 4) is 11.1 Å². The van der Waals surface area contributed by atoms with Gasteiger partial charge in [0, 0.05) is 17.5 Å². The third kappa shape index (κ3) is 3.59. The minimum absolute atomic E-state index is 0.180. The van der Waals surface area contributed by atoms with E-state index in [2.05, 4.69) is 48.3 Å². The number of benzene rings is 2. The third-order valence-corrected chi connectivity index (χ3v) is 3.77. The fraction of sp³-hybridized carbons (Fsp3) is 0.150. The maximum absolute atomic E-state index is 13.1. The molecule has 0 aliphatic heterocycles. The van der Waals surface area contributed by atoms with Crippen LogP contribution in [0.2, 0.25) is 0 Å². The summed E-state index contributed by atoms with van der Waals surface area (Å²) in [6.07, 6.45) is 3.53. The molecule has 0 aliphatic carbocycles. The molecule has 3 rings (SSSR count). The molecule has 2 heteroatoms. The number of aryl methyl sites for hydroxylation is 3. The molecule has 1 aromatic heterocycles. The number of aromatic nitrogens is 1. The smallest absolute Gasteiger partial charge is 0.123 e. The molecule has 1 heterocycles. The Bertz CT molecular complexity index is 745. The van der Waals surface area contributed by atoms with Gasteiger partial charge in [0.1, 0.15) is 5.82 Å². The lowest BCUT2D eigenvalue weighted by atomic mass is 10.0. The Morgan fingerprint density at radius 3 is 2.32 bits per heavy atom. The Morgan fingerprint density at radius 2 is 1.64 bits per heavy atom. The van der Waals surface area contributed by atoms with Crippen molar-refractivity contribution < 1.29 is 4.39 Å². The number of nitrogens with zero attached hydrogens (tertiary/aromatic N) is 1. The first-order valence-corrected chi connectivity index (χ1v) is 7.47. The Kier molecular flexibility index (Phi) is 4.29. The predicted molar refractivity (Wildman–Crippen MR) is 88.2 cm³/mol. The highest BCUT2D eigenvalue weighted by Crippen LogP contribution is 2.19. The van der Waals surface area contributed by atoms with Crippen LogP contribution >= 0.6 is 0 Å². The van der Waals surface area contributed by atoms with Gasteiger partial charge in [0.2, 0.25) is 0 Å². The summed E-state index contributed by atoms with van der Waals surface area (Å²) < 4.78 is 13.1. The van der Waals surface area contributed by atoms with Gasteiger partial charge in [-0.05, 0) is 49.1 Å². The summed E-state index contributed by atoms with van der Waals surface area (Å²) >= 11 is 0. The number of halogens is 1. The van der Waals surface area contributed by atoms with Crippen LogP contribution < -0.4 is 0 Å². The zero-order valence-corrected chi connectivity index (χ0v) is 12.6. The van der Waals surface area contributed by atoms with Crippen LogP contribution in [0.15, 0.2) is 66.9 Å². The lowest BCUT2D eigenvalue weighted by Crippen LogP contribution is -1.95. The highest BCUT2D eigenvalue weighted by atomic mass is 19.1. The van der Waals surface area contributed by atoms with Crippen molar-refractivity contribution in [3.63, 3.8) is 0 Å². The molecule has 0 atom stereocenters. The molecule has 3 aromatic rings. The lowest BCUT2D eigenvalue weighted by molar-refractivity contribution is 0.625. The van der Waals surface area contributed by atoms with Crippen LogP contribution in [0.4, 0.5) is 4.39 Å². The standard InChI is InChI=1S/C20H18FN/c1-15-5-8-17(9-6-15)18-10-12-20(22-14-18)11-7-16-3-2-4-19(21)13-16/h2-6,8-10,12-14H,7,11H2,1H3. The highest BCUT2D eigenvalue weighted by molar-refractivity contribution is 5.62. The van der Waals surface area contributed by atoms with E-state index < -0.39 is 0 Å². The quantitative estimate of drug-likeness (QED) is 0.660. The summed E-state index contributed by atoms with van der Waals surface area (Å²) in [5.41, 5.74) is 5.58. The second kappa shape index (κ2) is 6.52. The van der Waals surface area contributed by atoms with Gasteiger partial charge in [0.05, 0.1) is 0 Å². The fourth-order valence-corrected chi connectivity index (χ4v) is 2.45. The van der Waals surface area contributed by atoms with Crippen molar-refractivity contribution in [1.82, 2.24) is 4.98 Å². The maximum atomic E-state index is 13.1. The van der Waals surface area contributed by atoms with E-state index >= 15 is 0 Å². The second-order valence-corrected chi connectivity index (χ2v) is 5.53. The van der Waals surface area contributed by atoms with E-state index in [1.165, 1.54) is 17.2 Å². The van der Waals surface area contributed by atoms with Crippen LogP contribution in [-0.4, -0.2) is 4.98 Å². The molecule has 22 heavy (non-hydrogen) atoms. The summed E-state index contributed by atoms with van der Waals surface area (Å²) in [7, 11) is 0. The molecule has 0 spiro atoms. The van der Waals surface area contributed by atoms with Crippen LogP contribution in [0.3, 0.4) is 0 Å². The molecule has 0 N–H and O–H groups in total. The average Bonchev–Trinajstić information content (AvgIpc) is 2.54. The van der Waals surface area contributed by atoms with Gasteiger partial charge < -0.3 is 0 Å². The van der Waals surface area contributed by atoms with Gasteiger partial charge in [-0.3, -0.25) is 4.98 Å². The topological polar surface area (TPSA) is 12.9 Å². The van der Waals surface area contributed by atoms with Crippen LogP contribution in [0.5, 0.6) is 0 Å². The molecule has 110 valence electrons. The van der Waals surface area contributed by atoms with Crippen molar-refractivity contribution in [2.75, 3.05) is 0 Å². The van der Waals surface area contributed by atoms with E-state index in [4.69, 9.17) is 0 Å². The Morgan fingerprint density at radius 1 is 0.864 bits per heavy atom. The minimum Gasteiger partial charge on any atom is -0.261 e. The number of rotatable bonds is 4. The molecule has 0 bridgehead atoms. The molecule has 0 saturated heterocycles. The van der Waals surface area contributed by atoms with Gasteiger partial charge >= 0.3 is 0 Å². The van der Waals surface area contributed by atoms with Gasteiger partial charge in [-0.25, -0.2) is 4.39 Å². The minimum atomic E-state index is -0.180. The zero-order valence-electron chi connectivity index (χ0n) is 12.6. The molecule has 2 aromatic carbocycles. The van der Waals surface area contributed by atoms with Crippen molar-refractivity contribution in [1.29, 1.82) is 0 Å². The van der Waals surface area contributed by atoms with Crippen molar-refractivity contribution in [3.05, 3.63) is 89.5 Å². The van der Waals surface area contributed by atoms with Crippen LogP contribution in [0.1, 0.15) is 16.8 Å². The normalized spacial score (nSPS) is 10.6. The highest BCUT2D eigenvalue weighted by Gasteiger charge is 2.01. The maximum Gasteiger partial charge on any atom is 0.123 e. The van der Waals surface area contributed by atoms with E-state index in [9.17, 15) is 4.39 Å². The molecule has 0 saturated carbocycles. The van der Waals surface area contributed by atoms with E-state index in [1.54, 1.807) is 12.1 Å². The van der Waals surface area contributed by atoms with Crippen molar-refractivity contribution in [2.45, 2.75) is 19.8 Å². The first-order chi connectivity index (χ1) is 10.7. The molecule has 0 amide bonds. The summed E-state index contributed by atoms with van der Waals surface area (Å²) in [6, 6.07) is 19.3. The summed E-state index contributed by atoms with van der Waals surface area (Å²) in [5.74, 6) is -0.180. The first-order valence-electron chi connectivity index (χ1n) is 7.47. The molecular weight excluding hydrogens is 273 g/mol. The van der Waals surface area contributed by atoms with Gasteiger partial charge in [-0.1, -0.05) is 48.0 Å². The molecule has 0 fully saturated rings. The summed E-state index contributed by atoms with van der Waals surface area (Å²) in [5, 5.41) is 0.